The van der Waals surface area contributed by atoms with E-state index in [4.69, 9.17) is 4.42 Å². The Morgan fingerprint density at radius 3 is 2.70 bits per heavy atom. The van der Waals surface area contributed by atoms with Crippen LogP contribution in [0.2, 0.25) is 0 Å². The van der Waals surface area contributed by atoms with Crippen molar-refractivity contribution in [2.24, 2.45) is 7.05 Å². The number of imidazole rings is 1. The maximum atomic E-state index is 12.8. The number of nitrogens with zero attached hydrogens (tertiary/aromatic N) is 3. The number of fused-ring (bicyclic) bond motifs is 1. The van der Waals surface area contributed by atoms with E-state index in [0.717, 1.165) is 43.0 Å². The number of hydrogen-bond donors (Lipinski definition) is 2. The number of carbonyl (C=O) groups excluding carboxylic acids is 1. The lowest BCUT2D eigenvalue weighted by molar-refractivity contribution is 0.0925. The summed E-state index contributed by atoms with van der Waals surface area (Å²) in [6.45, 7) is 5.52. The predicted molar refractivity (Wildman–Crippen MR) is 101 cm³/mol. The van der Waals surface area contributed by atoms with Gasteiger partial charge in [-0.1, -0.05) is 0 Å². The average molecular weight is 369 g/mol. The fourth-order valence-corrected chi connectivity index (χ4v) is 3.60. The molecule has 8 nitrogen and oxygen atoms in total. The van der Waals surface area contributed by atoms with Gasteiger partial charge in [0.05, 0.1) is 5.69 Å². The third-order valence-electron chi connectivity index (χ3n) is 5.07. The minimum atomic E-state index is -0.258. The van der Waals surface area contributed by atoms with E-state index in [1.807, 2.05) is 26.1 Å². The summed E-state index contributed by atoms with van der Waals surface area (Å²) in [5.41, 5.74) is 1.79. The van der Waals surface area contributed by atoms with E-state index < -0.39 is 0 Å². The third-order valence-corrected chi connectivity index (χ3v) is 5.07. The Hall–Kier alpha value is -2.87. The van der Waals surface area contributed by atoms with E-state index in [1.54, 1.807) is 17.6 Å². The van der Waals surface area contributed by atoms with Crippen LogP contribution in [0.3, 0.4) is 0 Å². The van der Waals surface area contributed by atoms with Gasteiger partial charge in [0, 0.05) is 31.0 Å². The largest absolute Gasteiger partial charge is 0.466 e. The van der Waals surface area contributed by atoms with Crippen molar-refractivity contribution in [3.8, 4) is 11.3 Å². The van der Waals surface area contributed by atoms with Gasteiger partial charge in [-0.15, -0.1) is 0 Å². The summed E-state index contributed by atoms with van der Waals surface area (Å²) in [6, 6.07) is 2.04. The van der Waals surface area contributed by atoms with Gasteiger partial charge in [-0.2, -0.15) is 0 Å². The van der Waals surface area contributed by atoms with Crippen molar-refractivity contribution in [3.63, 3.8) is 0 Å². The molecule has 0 atom stereocenters. The second-order valence-electron chi connectivity index (χ2n) is 7.06. The first-order valence-corrected chi connectivity index (χ1v) is 9.12. The van der Waals surface area contributed by atoms with E-state index in [1.165, 1.54) is 4.57 Å². The molecule has 1 aliphatic rings. The topological polar surface area (TPSA) is 93.6 Å². The maximum absolute atomic E-state index is 12.8. The predicted octanol–water partition coefficient (Wildman–Crippen LogP) is 1.39. The van der Waals surface area contributed by atoms with Gasteiger partial charge in [-0.25, -0.2) is 4.98 Å². The number of aromatic nitrogens is 3. The molecular weight excluding hydrogens is 346 g/mol. The Labute approximate surface area is 156 Å². The van der Waals surface area contributed by atoms with Crippen molar-refractivity contribution in [2.45, 2.75) is 32.7 Å². The van der Waals surface area contributed by atoms with E-state index in [-0.39, 0.29) is 28.8 Å². The second kappa shape index (κ2) is 6.70. The third kappa shape index (κ3) is 3.16. The SMILES string of the molecule is Cc1cc(-c2cn3cc(C(=O)NC4CCNCC4)nc3c(=O)n2C)c(C)o1. The average Bonchev–Trinajstić information content (AvgIpc) is 3.22. The summed E-state index contributed by atoms with van der Waals surface area (Å²) < 4.78 is 8.75. The molecule has 3 aromatic heterocycles. The van der Waals surface area contributed by atoms with Crippen molar-refractivity contribution in [2.75, 3.05) is 13.1 Å². The Balaban J connectivity index is 1.72. The number of rotatable bonds is 3. The summed E-state index contributed by atoms with van der Waals surface area (Å²) in [6.07, 6.45) is 5.20. The highest BCUT2D eigenvalue weighted by atomic mass is 16.3. The molecule has 8 heteroatoms. The van der Waals surface area contributed by atoms with Crippen molar-refractivity contribution < 1.29 is 9.21 Å². The molecule has 0 aromatic carbocycles. The zero-order valence-electron chi connectivity index (χ0n) is 15.7. The molecule has 4 heterocycles. The molecule has 1 aliphatic heterocycles. The van der Waals surface area contributed by atoms with Crippen LogP contribution in [0.15, 0.2) is 27.7 Å². The minimum Gasteiger partial charge on any atom is -0.466 e. The van der Waals surface area contributed by atoms with Crippen LogP contribution in [-0.4, -0.2) is 39.0 Å². The normalized spacial score (nSPS) is 15.4. The van der Waals surface area contributed by atoms with Crippen molar-refractivity contribution in [1.29, 1.82) is 0 Å². The molecule has 0 bridgehead atoms. The van der Waals surface area contributed by atoms with Crippen molar-refractivity contribution in [1.82, 2.24) is 24.6 Å². The number of furan rings is 1. The molecule has 0 unspecified atom stereocenters. The molecule has 0 saturated carbocycles. The van der Waals surface area contributed by atoms with Crippen LogP contribution in [0.4, 0.5) is 0 Å². The summed E-state index contributed by atoms with van der Waals surface area (Å²) >= 11 is 0. The van der Waals surface area contributed by atoms with E-state index in [2.05, 4.69) is 15.6 Å². The van der Waals surface area contributed by atoms with Crippen LogP contribution < -0.4 is 16.2 Å². The lowest BCUT2D eigenvalue weighted by Crippen LogP contribution is -2.42. The number of hydrogen-bond acceptors (Lipinski definition) is 5. The summed E-state index contributed by atoms with van der Waals surface area (Å²) in [7, 11) is 1.70. The highest BCUT2D eigenvalue weighted by molar-refractivity contribution is 5.93. The van der Waals surface area contributed by atoms with Gasteiger partial charge in [0.1, 0.15) is 17.2 Å². The highest BCUT2D eigenvalue weighted by Crippen LogP contribution is 2.25. The first-order chi connectivity index (χ1) is 12.9. The standard InChI is InChI=1S/C19H23N5O3/c1-11-8-14(12(2)27-11)16-10-24-9-15(22-17(24)19(26)23(16)3)18(25)21-13-4-6-20-7-5-13/h8-10,13,20H,4-7H2,1-3H3,(H,21,25). The Morgan fingerprint density at radius 1 is 1.30 bits per heavy atom. The smallest absolute Gasteiger partial charge is 0.294 e. The van der Waals surface area contributed by atoms with Crippen LogP contribution in [0.1, 0.15) is 34.9 Å². The van der Waals surface area contributed by atoms with Gasteiger partial charge in [0.15, 0.2) is 0 Å². The monoisotopic (exact) mass is 369 g/mol. The fourth-order valence-electron chi connectivity index (χ4n) is 3.60. The minimum absolute atomic E-state index is 0.138. The molecule has 3 aromatic rings. The van der Waals surface area contributed by atoms with Crippen molar-refractivity contribution >= 4 is 11.6 Å². The van der Waals surface area contributed by atoms with E-state index >= 15 is 0 Å². The van der Waals surface area contributed by atoms with Crippen LogP contribution in [-0.2, 0) is 7.05 Å². The highest BCUT2D eigenvalue weighted by Gasteiger charge is 2.20. The van der Waals surface area contributed by atoms with Crippen LogP contribution in [0.25, 0.3) is 16.9 Å². The van der Waals surface area contributed by atoms with Gasteiger partial charge in [-0.05, 0) is 45.8 Å². The van der Waals surface area contributed by atoms with Crippen LogP contribution in [0.5, 0.6) is 0 Å². The molecule has 0 aliphatic carbocycles. The molecule has 27 heavy (non-hydrogen) atoms. The van der Waals surface area contributed by atoms with Gasteiger partial charge in [0.2, 0.25) is 5.65 Å². The molecule has 1 fully saturated rings. The van der Waals surface area contributed by atoms with Crippen LogP contribution in [0, 0.1) is 13.8 Å². The maximum Gasteiger partial charge on any atom is 0.294 e. The molecule has 1 saturated heterocycles. The molecule has 0 spiro atoms. The summed E-state index contributed by atoms with van der Waals surface area (Å²) in [4.78, 5) is 29.6. The molecule has 2 N–H and O–H groups in total. The molecule has 4 rings (SSSR count). The molecular formula is C19H23N5O3. The van der Waals surface area contributed by atoms with E-state index in [0.29, 0.717) is 5.69 Å². The van der Waals surface area contributed by atoms with Gasteiger partial charge in [-0.3, -0.25) is 14.0 Å². The number of piperidine rings is 1. The first-order valence-electron chi connectivity index (χ1n) is 9.12. The Morgan fingerprint density at radius 2 is 2.04 bits per heavy atom. The zero-order valence-corrected chi connectivity index (χ0v) is 15.7. The molecule has 0 radical (unpaired) electrons. The number of amides is 1. The molecule has 142 valence electrons. The number of nitrogens with one attached hydrogen (secondary N) is 2. The van der Waals surface area contributed by atoms with Gasteiger partial charge < -0.3 is 19.6 Å². The zero-order chi connectivity index (χ0) is 19.1. The number of aryl methyl sites for hydroxylation is 2. The lowest BCUT2D eigenvalue weighted by Gasteiger charge is -2.23. The molecule has 1 amide bonds. The van der Waals surface area contributed by atoms with Gasteiger partial charge in [0.25, 0.3) is 11.5 Å². The fraction of sp³-hybridized carbons (Fsp3) is 0.421. The summed E-state index contributed by atoms with van der Waals surface area (Å²) in [5, 5.41) is 6.28. The first kappa shape index (κ1) is 17.5. The van der Waals surface area contributed by atoms with Gasteiger partial charge >= 0.3 is 0 Å². The number of carbonyl (C=O) groups is 1. The van der Waals surface area contributed by atoms with E-state index in [9.17, 15) is 9.59 Å². The lowest BCUT2D eigenvalue weighted by atomic mass is 10.1. The van der Waals surface area contributed by atoms with Crippen LogP contribution >= 0.6 is 0 Å². The quantitative estimate of drug-likeness (QED) is 0.728. The van der Waals surface area contributed by atoms with Crippen molar-refractivity contribution in [3.05, 3.63) is 46.0 Å². The second-order valence-corrected chi connectivity index (χ2v) is 7.06. The Bertz CT molecular complexity index is 1070. The summed E-state index contributed by atoms with van der Waals surface area (Å²) in [5.74, 6) is 1.28. The Kier molecular flexibility index (Phi) is 4.35.